The van der Waals surface area contributed by atoms with Crippen LogP contribution in [0.15, 0.2) is 0 Å². The summed E-state index contributed by atoms with van der Waals surface area (Å²) in [5.41, 5.74) is -1.13. The molecule has 47 valence electrons. The molecule has 0 fully saturated rings. The second-order valence-electron chi connectivity index (χ2n) is 2.20. The molecule has 0 bridgehead atoms. The summed E-state index contributed by atoms with van der Waals surface area (Å²) in [6.45, 7) is 2.87. The molecule has 0 N–H and O–H groups in total. The summed E-state index contributed by atoms with van der Waals surface area (Å²) in [5, 5.41) is 0. The summed E-state index contributed by atoms with van der Waals surface area (Å²) in [6.07, 6.45) is 6.31. The van der Waals surface area contributed by atoms with Gasteiger partial charge in [0.1, 0.15) is 5.41 Å². The van der Waals surface area contributed by atoms with E-state index in [2.05, 4.69) is 0 Å². The number of carbonyl (C=O) groups excluding carboxylic acids is 2. The third-order valence-electron chi connectivity index (χ3n) is 0.954. The van der Waals surface area contributed by atoms with Crippen LogP contribution in [0.4, 0.5) is 0 Å². The van der Waals surface area contributed by atoms with Gasteiger partial charge in [0.25, 0.3) is 0 Å². The summed E-state index contributed by atoms with van der Waals surface area (Å²) in [4.78, 5) is 20.6. The van der Waals surface area contributed by atoms with Crippen molar-refractivity contribution in [3.63, 3.8) is 0 Å². The molecule has 0 saturated heterocycles. The average molecular weight is 123 g/mol. The van der Waals surface area contributed by atoms with Crippen LogP contribution in [-0.2, 0) is 9.59 Å². The van der Waals surface area contributed by atoms with Crippen LogP contribution in [0, 0.1) is 17.8 Å². The maximum Gasteiger partial charge on any atom is 0.218 e. The van der Waals surface area contributed by atoms with Crippen LogP contribution in [0.5, 0.6) is 0 Å². The molecule has 0 unspecified atom stereocenters. The van der Waals surface area contributed by atoms with Gasteiger partial charge >= 0.3 is 0 Å². The van der Waals surface area contributed by atoms with E-state index in [4.69, 9.17) is 6.42 Å². The predicted molar refractivity (Wildman–Crippen MR) is 33.3 cm³/mol. The highest BCUT2D eigenvalue weighted by Gasteiger charge is 2.25. The van der Waals surface area contributed by atoms with E-state index in [9.17, 15) is 9.59 Å². The standard InChI is InChI=1S/C7H7O2/c1-4-6(9)7(2,3)5-8/h1H,2-3H3. The minimum Gasteiger partial charge on any atom is -0.290 e. The number of Topliss-reactive ketones (excluding diaryl/α,β-unsaturated/α-hetero) is 1. The molecule has 0 aromatic heterocycles. The van der Waals surface area contributed by atoms with Gasteiger partial charge in [0.05, 0.1) is 0 Å². The molecule has 2 heteroatoms. The Morgan fingerprint density at radius 3 is 2.11 bits per heavy atom. The lowest BCUT2D eigenvalue weighted by Crippen LogP contribution is -2.23. The molecular formula is C7H7O2. The number of hydrogen-bond donors (Lipinski definition) is 0. The van der Waals surface area contributed by atoms with E-state index in [0.29, 0.717) is 0 Å². The first-order valence-corrected chi connectivity index (χ1v) is 2.45. The molecule has 0 spiro atoms. The summed E-state index contributed by atoms with van der Waals surface area (Å²) in [7, 11) is 0. The van der Waals surface area contributed by atoms with E-state index in [1.807, 2.05) is 5.92 Å². The van der Waals surface area contributed by atoms with E-state index in [-0.39, 0.29) is 0 Å². The van der Waals surface area contributed by atoms with Crippen molar-refractivity contribution in [2.75, 3.05) is 0 Å². The lowest BCUT2D eigenvalue weighted by molar-refractivity contribution is -0.118. The van der Waals surface area contributed by atoms with Crippen molar-refractivity contribution in [3.8, 4) is 12.3 Å². The number of carbonyl (C=O) groups is 1. The molecule has 1 radical (unpaired) electrons. The van der Waals surface area contributed by atoms with Crippen molar-refractivity contribution in [2.45, 2.75) is 13.8 Å². The minimum absolute atomic E-state index is 0.530. The largest absolute Gasteiger partial charge is 0.290 e. The molecule has 0 aliphatic carbocycles. The van der Waals surface area contributed by atoms with Crippen LogP contribution >= 0.6 is 0 Å². The fourth-order valence-electron chi connectivity index (χ4n) is 0.227. The molecule has 0 saturated carbocycles. The van der Waals surface area contributed by atoms with Gasteiger partial charge in [-0.25, -0.2) is 0 Å². The van der Waals surface area contributed by atoms with Gasteiger partial charge in [0.2, 0.25) is 12.1 Å². The van der Waals surface area contributed by atoms with Gasteiger partial charge < -0.3 is 0 Å². The number of rotatable bonds is 2. The maximum atomic E-state index is 10.6. The molecule has 0 amide bonds. The van der Waals surface area contributed by atoms with Crippen LogP contribution in [-0.4, -0.2) is 12.1 Å². The van der Waals surface area contributed by atoms with Crippen molar-refractivity contribution < 1.29 is 9.59 Å². The summed E-state index contributed by atoms with van der Waals surface area (Å²) < 4.78 is 0. The summed E-state index contributed by atoms with van der Waals surface area (Å²) in [6, 6.07) is 0. The highest BCUT2D eigenvalue weighted by Crippen LogP contribution is 2.10. The van der Waals surface area contributed by atoms with Crippen molar-refractivity contribution in [1.82, 2.24) is 0 Å². The van der Waals surface area contributed by atoms with E-state index in [1.165, 1.54) is 13.8 Å². The molecule has 0 atom stereocenters. The van der Waals surface area contributed by atoms with Crippen LogP contribution in [0.1, 0.15) is 13.8 Å². The Kier molecular flexibility index (Phi) is 2.15. The highest BCUT2D eigenvalue weighted by molar-refractivity contribution is 6.07. The molecule has 2 nitrogen and oxygen atoms in total. The zero-order valence-electron chi connectivity index (χ0n) is 5.39. The Labute approximate surface area is 54.3 Å². The fourth-order valence-corrected chi connectivity index (χ4v) is 0.227. The Balaban J connectivity index is 4.37. The number of hydrogen-bond acceptors (Lipinski definition) is 2. The smallest absolute Gasteiger partial charge is 0.218 e. The van der Waals surface area contributed by atoms with E-state index >= 15 is 0 Å². The van der Waals surface area contributed by atoms with Crippen LogP contribution in [0.3, 0.4) is 0 Å². The summed E-state index contributed by atoms with van der Waals surface area (Å²) in [5.74, 6) is 1.32. The van der Waals surface area contributed by atoms with E-state index in [1.54, 1.807) is 6.29 Å². The van der Waals surface area contributed by atoms with Crippen molar-refractivity contribution >= 4 is 12.1 Å². The van der Waals surface area contributed by atoms with Gasteiger partial charge in [-0.05, 0) is 19.8 Å². The first-order chi connectivity index (χ1) is 4.04. The van der Waals surface area contributed by atoms with Crippen LogP contribution in [0.25, 0.3) is 0 Å². The predicted octanol–water partition coefficient (Wildman–Crippen LogP) is 0.325. The Morgan fingerprint density at radius 2 is 2.00 bits per heavy atom. The molecule has 0 aliphatic rings. The van der Waals surface area contributed by atoms with Crippen LogP contribution in [0.2, 0.25) is 0 Å². The second kappa shape index (κ2) is 2.45. The van der Waals surface area contributed by atoms with Crippen molar-refractivity contribution in [1.29, 1.82) is 0 Å². The normalized spacial score (nSPS) is 9.89. The second-order valence-corrected chi connectivity index (χ2v) is 2.20. The third kappa shape index (κ3) is 1.69. The molecule has 0 aromatic rings. The lowest BCUT2D eigenvalue weighted by atomic mass is 9.91. The highest BCUT2D eigenvalue weighted by atomic mass is 16.1. The number of terminal acetylenes is 1. The lowest BCUT2D eigenvalue weighted by Gasteiger charge is -2.07. The quantitative estimate of drug-likeness (QED) is 0.301. The Bertz CT molecular complexity index is 172. The molecule has 0 aliphatic heterocycles. The zero-order chi connectivity index (χ0) is 7.49. The van der Waals surface area contributed by atoms with Crippen molar-refractivity contribution in [2.24, 2.45) is 5.41 Å². The first-order valence-electron chi connectivity index (χ1n) is 2.45. The maximum absolute atomic E-state index is 10.6. The fraction of sp³-hybridized carbons (Fsp3) is 0.429. The molecule has 0 heterocycles. The van der Waals surface area contributed by atoms with E-state index in [0.717, 1.165) is 0 Å². The Hall–Kier alpha value is -1.10. The molecule has 9 heavy (non-hydrogen) atoms. The molecule has 0 aromatic carbocycles. The number of ketones is 1. The summed E-state index contributed by atoms with van der Waals surface area (Å²) >= 11 is 0. The molecular weight excluding hydrogens is 116 g/mol. The minimum atomic E-state index is -1.13. The zero-order valence-corrected chi connectivity index (χ0v) is 5.39. The van der Waals surface area contributed by atoms with Gasteiger partial charge in [-0.2, -0.15) is 0 Å². The first kappa shape index (κ1) is 7.90. The van der Waals surface area contributed by atoms with Gasteiger partial charge in [0.15, 0.2) is 0 Å². The van der Waals surface area contributed by atoms with Crippen LogP contribution < -0.4 is 0 Å². The Morgan fingerprint density at radius 1 is 1.56 bits per heavy atom. The average Bonchev–Trinajstić information content (AvgIpc) is 1.86. The van der Waals surface area contributed by atoms with E-state index < -0.39 is 11.2 Å². The SMILES string of the molecule is C#CC(=O)C(C)(C)[C]=O. The topological polar surface area (TPSA) is 34.1 Å². The van der Waals surface area contributed by atoms with Gasteiger partial charge in [-0.15, -0.1) is 6.42 Å². The third-order valence-corrected chi connectivity index (χ3v) is 0.954. The van der Waals surface area contributed by atoms with Crippen molar-refractivity contribution in [3.05, 3.63) is 0 Å². The molecule has 0 rings (SSSR count). The monoisotopic (exact) mass is 123 g/mol. The van der Waals surface area contributed by atoms with Gasteiger partial charge in [-0.3, -0.25) is 9.59 Å². The van der Waals surface area contributed by atoms with Gasteiger partial charge in [-0.1, -0.05) is 0 Å². The van der Waals surface area contributed by atoms with Gasteiger partial charge in [0, 0.05) is 0 Å².